The van der Waals surface area contributed by atoms with E-state index in [9.17, 15) is 9.59 Å². The van der Waals surface area contributed by atoms with Gasteiger partial charge in [0.05, 0.1) is 18.7 Å². The minimum atomic E-state index is -0.431. The Balaban J connectivity index is 1.73. The predicted molar refractivity (Wildman–Crippen MR) is 101 cm³/mol. The second-order valence-electron chi connectivity index (χ2n) is 6.67. The first-order valence-corrected chi connectivity index (χ1v) is 9.30. The number of nitrogens with zero attached hydrogens (tertiary/aromatic N) is 3. The van der Waals surface area contributed by atoms with Gasteiger partial charge in [-0.15, -0.1) is 10.2 Å². The van der Waals surface area contributed by atoms with E-state index in [1.54, 1.807) is 12.0 Å². The highest BCUT2D eigenvalue weighted by Gasteiger charge is 2.36. The van der Waals surface area contributed by atoms with Crippen LogP contribution in [0.5, 0.6) is 5.75 Å². The van der Waals surface area contributed by atoms with Crippen LogP contribution in [-0.4, -0.2) is 35.7 Å². The molecular formula is C18H22N4O3S. The number of hydrogen-bond acceptors (Lipinski definition) is 6. The molecule has 1 aromatic heterocycles. The number of carbonyl (C=O) groups excluding carboxylic acids is 2. The number of hydrogen-bond donors (Lipinski definition) is 1. The van der Waals surface area contributed by atoms with Crippen LogP contribution in [-0.2, 0) is 9.59 Å². The second kappa shape index (κ2) is 7.41. The number of anilines is 2. The molecule has 26 heavy (non-hydrogen) atoms. The third-order valence-corrected chi connectivity index (χ3v) is 5.42. The Morgan fingerprint density at radius 2 is 2.15 bits per heavy atom. The molecule has 1 aliphatic rings. The van der Waals surface area contributed by atoms with E-state index in [4.69, 9.17) is 4.74 Å². The highest BCUT2D eigenvalue weighted by molar-refractivity contribution is 7.15. The van der Waals surface area contributed by atoms with Crippen molar-refractivity contribution in [1.82, 2.24) is 10.2 Å². The van der Waals surface area contributed by atoms with Crippen LogP contribution in [0.3, 0.4) is 0 Å². The highest BCUT2D eigenvalue weighted by Crippen LogP contribution is 2.34. The summed E-state index contributed by atoms with van der Waals surface area (Å²) in [6.07, 6.45) is 0.165. The predicted octanol–water partition coefficient (Wildman–Crippen LogP) is 2.97. The zero-order valence-corrected chi connectivity index (χ0v) is 16.1. The number of rotatable bonds is 5. The van der Waals surface area contributed by atoms with Crippen LogP contribution >= 0.6 is 11.3 Å². The standard InChI is InChI=1S/C18H22N4O3S/c1-10(2)17-20-21-18(26-17)19-16(24)12-8-15(23)22(9-12)13-7-11(3)5-6-14(13)25-4/h5-7,10,12H,8-9H2,1-4H3,(H,19,21,24). The number of aryl methyl sites for hydroxylation is 1. The van der Waals surface area contributed by atoms with Gasteiger partial charge < -0.3 is 15.0 Å². The smallest absolute Gasteiger partial charge is 0.231 e. The fourth-order valence-corrected chi connectivity index (χ4v) is 3.60. The molecule has 0 aliphatic carbocycles. The fourth-order valence-electron chi connectivity index (χ4n) is 2.85. The lowest BCUT2D eigenvalue weighted by atomic mass is 10.1. The van der Waals surface area contributed by atoms with Crippen molar-refractivity contribution in [2.45, 2.75) is 33.1 Å². The summed E-state index contributed by atoms with van der Waals surface area (Å²) in [6.45, 7) is 6.32. The minimum Gasteiger partial charge on any atom is -0.495 e. The number of amides is 2. The third kappa shape index (κ3) is 3.70. The van der Waals surface area contributed by atoms with E-state index in [1.165, 1.54) is 11.3 Å². The van der Waals surface area contributed by atoms with Gasteiger partial charge in [0, 0.05) is 18.9 Å². The molecule has 8 heteroatoms. The molecule has 2 aromatic rings. The van der Waals surface area contributed by atoms with Crippen LogP contribution in [0, 0.1) is 12.8 Å². The molecule has 0 spiro atoms. The van der Waals surface area contributed by atoms with Crippen molar-refractivity contribution in [2.24, 2.45) is 5.92 Å². The molecule has 1 aliphatic heterocycles. The van der Waals surface area contributed by atoms with Gasteiger partial charge in [0.2, 0.25) is 16.9 Å². The van der Waals surface area contributed by atoms with Crippen LogP contribution in [0.1, 0.15) is 36.8 Å². The lowest BCUT2D eigenvalue weighted by molar-refractivity contribution is -0.122. The number of ether oxygens (including phenoxy) is 1. The first-order chi connectivity index (χ1) is 12.4. The van der Waals surface area contributed by atoms with Crippen LogP contribution in [0.2, 0.25) is 0 Å². The van der Waals surface area contributed by atoms with Crippen LogP contribution in [0.15, 0.2) is 18.2 Å². The van der Waals surface area contributed by atoms with Gasteiger partial charge in [-0.25, -0.2) is 0 Å². The Labute approximate surface area is 156 Å². The lowest BCUT2D eigenvalue weighted by Crippen LogP contribution is -2.28. The van der Waals surface area contributed by atoms with E-state index >= 15 is 0 Å². The summed E-state index contributed by atoms with van der Waals surface area (Å²) in [6, 6.07) is 5.66. The van der Waals surface area contributed by atoms with Crippen molar-refractivity contribution in [3.05, 3.63) is 28.8 Å². The van der Waals surface area contributed by atoms with Crippen molar-refractivity contribution in [3.8, 4) is 5.75 Å². The molecule has 2 amide bonds. The maximum absolute atomic E-state index is 12.6. The molecule has 0 bridgehead atoms. The average molecular weight is 374 g/mol. The van der Waals surface area contributed by atoms with Gasteiger partial charge >= 0.3 is 0 Å². The first kappa shape index (κ1) is 18.3. The van der Waals surface area contributed by atoms with Gasteiger partial charge in [-0.05, 0) is 24.6 Å². The van der Waals surface area contributed by atoms with Crippen LogP contribution < -0.4 is 15.0 Å². The monoisotopic (exact) mass is 374 g/mol. The zero-order chi connectivity index (χ0) is 18.8. The molecule has 3 rings (SSSR count). The van der Waals surface area contributed by atoms with Crippen molar-refractivity contribution in [2.75, 3.05) is 23.9 Å². The van der Waals surface area contributed by atoms with E-state index < -0.39 is 5.92 Å². The lowest BCUT2D eigenvalue weighted by Gasteiger charge is -2.20. The molecule has 1 unspecified atom stereocenters. The molecule has 7 nitrogen and oxygen atoms in total. The number of nitrogens with one attached hydrogen (secondary N) is 1. The number of aromatic nitrogens is 2. The van der Waals surface area contributed by atoms with Crippen LogP contribution in [0.25, 0.3) is 0 Å². The summed E-state index contributed by atoms with van der Waals surface area (Å²) in [5.74, 6) is 0.151. The summed E-state index contributed by atoms with van der Waals surface area (Å²) in [5, 5.41) is 12.2. The van der Waals surface area contributed by atoms with Crippen molar-refractivity contribution < 1.29 is 14.3 Å². The molecule has 0 radical (unpaired) electrons. The zero-order valence-electron chi connectivity index (χ0n) is 15.3. The Morgan fingerprint density at radius 3 is 2.81 bits per heavy atom. The van der Waals surface area contributed by atoms with Crippen LogP contribution in [0.4, 0.5) is 10.8 Å². The molecular weight excluding hydrogens is 352 g/mol. The number of methoxy groups -OCH3 is 1. The SMILES string of the molecule is COc1ccc(C)cc1N1CC(C(=O)Nc2nnc(C(C)C)s2)CC1=O. The highest BCUT2D eigenvalue weighted by atomic mass is 32.1. The summed E-state index contributed by atoms with van der Waals surface area (Å²) in [5.41, 5.74) is 1.72. The molecule has 1 saturated heterocycles. The van der Waals surface area contributed by atoms with E-state index in [0.29, 0.717) is 23.1 Å². The van der Waals surface area contributed by atoms with Gasteiger partial charge in [0.25, 0.3) is 0 Å². The van der Waals surface area contributed by atoms with Crippen molar-refractivity contribution in [3.63, 3.8) is 0 Å². The average Bonchev–Trinajstić information content (AvgIpc) is 3.21. The quantitative estimate of drug-likeness (QED) is 0.870. The Morgan fingerprint density at radius 1 is 1.38 bits per heavy atom. The van der Waals surface area contributed by atoms with Crippen molar-refractivity contribution >= 4 is 34.0 Å². The van der Waals surface area contributed by atoms with Crippen molar-refractivity contribution in [1.29, 1.82) is 0 Å². The summed E-state index contributed by atoms with van der Waals surface area (Å²) in [7, 11) is 1.57. The molecule has 1 aromatic carbocycles. The minimum absolute atomic E-state index is 0.0887. The number of benzene rings is 1. The Hall–Kier alpha value is -2.48. The normalized spacial score (nSPS) is 17.0. The third-order valence-electron chi connectivity index (χ3n) is 4.29. The molecule has 1 N–H and O–H groups in total. The number of carbonyl (C=O) groups is 2. The van der Waals surface area contributed by atoms with E-state index in [0.717, 1.165) is 10.6 Å². The second-order valence-corrected chi connectivity index (χ2v) is 7.68. The maximum atomic E-state index is 12.6. The molecule has 1 atom stereocenters. The van der Waals surface area contributed by atoms with E-state index in [1.807, 2.05) is 39.0 Å². The van der Waals surface area contributed by atoms with Gasteiger partial charge in [-0.2, -0.15) is 0 Å². The summed E-state index contributed by atoms with van der Waals surface area (Å²) in [4.78, 5) is 26.7. The Bertz CT molecular complexity index is 834. The summed E-state index contributed by atoms with van der Waals surface area (Å²) >= 11 is 1.36. The van der Waals surface area contributed by atoms with Gasteiger partial charge in [0.1, 0.15) is 10.8 Å². The molecule has 1 fully saturated rings. The Kier molecular flexibility index (Phi) is 5.22. The molecule has 138 valence electrons. The van der Waals surface area contributed by atoms with E-state index in [-0.39, 0.29) is 24.2 Å². The van der Waals surface area contributed by atoms with E-state index in [2.05, 4.69) is 15.5 Å². The first-order valence-electron chi connectivity index (χ1n) is 8.48. The molecule has 2 heterocycles. The molecule has 0 saturated carbocycles. The largest absolute Gasteiger partial charge is 0.495 e. The van der Waals surface area contributed by atoms with Gasteiger partial charge in [0.15, 0.2) is 0 Å². The topological polar surface area (TPSA) is 84.4 Å². The van der Waals surface area contributed by atoms with Gasteiger partial charge in [-0.1, -0.05) is 31.3 Å². The van der Waals surface area contributed by atoms with Gasteiger partial charge in [-0.3, -0.25) is 9.59 Å². The fraction of sp³-hybridized carbons (Fsp3) is 0.444. The maximum Gasteiger partial charge on any atom is 0.231 e. The summed E-state index contributed by atoms with van der Waals surface area (Å²) < 4.78 is 5.37.